The number of allylic oxidation sites excluding steroid dienone is 4. The molecule has 3 nitrogen and oxygen atoms in total. The van der Waals surface area contributed by atoms with E-state index in [0.29, 0.717) is 23.5 Å². The van der Waals surface area contributed by atoms with Gasteiger partial charge in [-0.05, 0) is 65.5 Å². The van der Waals surface area contributed by atoms with Gasteiger partial charge in [0.2, 0.25) is 0 Å². The summed E-state index contributed by atoms with van der Waals surface area (Å²) in [5.41, 5.74) is 2.97. The van der Waals surface area contributed by atoms with Crippen molar-refractivity contribution in [3.63, 3.8) is 0 Å². The van der Waals surface area contributed by atoms with E-state index in [2.05, 4.69) is 32.9 Å². The van der Waals surface area contributed by atoms with Crippen molar-refractivity contribution in [1.29, 1.82) is 0 Å². The molecule has 0 aromatic heterocycles. The Kier molecular flexibility index (Phi) is 6.46. The molecule has 136 valence electrons. The number of benzene rings is 1. The largest absolute Gasteiger partial charge is 0.497 e. The van der Waals surface area contributed by atoms with Gasteiger partial charge in [-0.15, -0.1) is 0 Å². The molecule has 0 N–H and O–H groups in total. The predicted octanol–water partition coefficient (Wildman–Crippen LogP) is 5.89. The molecular formula is C22H30O3. The van der Waals surface area contributed by atoms with Crippen LogP contribution in [0, 0.1) is 0 Å². The summed E-state index contributed by atoms with van der Waals surface area (Å²) in [6.45, 7) is 8.46. The zero-order chi connectivity index (χ0) is 18.4. The average molecular weight is 342 g/mol. The van der Waals surface area contributed by atoms with Crippen LogP contribution in [-0.2, 0) is 0 Å². The molecule has 1 unspecified atom stereocenters. The minimum atomic E-state index is -0.451. The molecular weight excluding hydrogens is 312 g/mol. The molecule has 1 aromatic rings. The summed E-state index contributed by atoms with van der Waals surface area (Å²) in [6, 6.07) is 5.41. The lowest BCUT2D eigenvalue weighted by Gasteiger charge is -2.35. The Hall–Kier alpha value is -2.03. The third-order valence-electron chi connectivity index (χ3n) is 4.64. The van der Waals surface area contributed by atoms with Crippen molar-refractivity contribution in [2.45, 2.75) is 65.4 Å². The first-order chi connectivity index (χ1) is 11.8. The number of hydrogen-bond donors (Lipinski definition) is 0. The SMILES string of the molecule is COc1ccc2c(c1)OC(C)(CC/C=C(\C)CCC=C(C)C)CC2=O. The van der Waals surface area contributed by atoms with Gasteiger partial charge in [-0.2, -0.15) is 0 Å². The molecule has 3 heteroatoms. The highest BCUT2D eigenvalue weighted by atomic mass is 16.5. The molecule has 0 saturated carbocycles. The molecule has 0 radical (unpaired) electrons. The molecule has 0 amide bonds. The smallest absolute Gasteiger partial charge is 0.170 e. The Bertz CT molecular complexity index is 681. The van der Waals surface area contributed by atoms with Crippen LogP contribution in [-0.4, -0.2) is 18.5 Å². The van der Waals surface area contributed by atoms with E-state index in [1.165, 1.54) is 11.1 Å². The molecule has 0 aliphatic carbocycles. The number of ether oxygens (including phenoxy) is 2. The predicted molar refractivity (Wildman–Crippen MR) is 103 cm³/mol. The second-order valence-corrected chi connectivity index (χ2v) is 7.42. The standard InChI is InChI=1S/C22H30O3/c1-16(2)8-6-9-17(3)10-7-13-22(4)15-20(23)19-12-11-18(24-5)14-21(19)25-22/h8,10-12,14H,6-7,9,13,15H2,1-5H3/b17-10+. The van der Waals surface area contributed by atoms with E-state index in [1.54, 1.807) is 19.2 Å². The number of hydrogen-bond acceptors (Lipinski definition) is 3. The molecule has 0 saturated heterocycles. The normalized spacial score (nSPS) is 19.9. The van der Waals surface area contributed by atoms with Crippen molar-refractivity contribution in [1.82, 2.24) is 0 Å². The van der Waals surface area contributed by atoms with Crippen LogP contribution >= 0.6 is 0 Å². The van der Waals surface area contributed by atoms with Crippen molar-refractivity contribution in [2.24, 2.45) is 0 Å². The number of ketones is 1. The maximum atomic E-state index is 12.5. The number of carbonyl (C=O) groups excluding carboxylic acids is 1. The lowest BCUT2D eigenvalue weighted by Crippen LogP contribution is -2.39. The van der Waals surface area contributed by atoms with Gasteiger partial charge in [-0.3, -0.25) is 4.79 Å². The summed E-state index contributed by atoms with van der Waals surface area (Å²) < 4.78 is 11.4. The van der Waals surface area contributed by atoms with Crippen LogP contribution in [0.2, 0.25) is 0 Å². The van der Waals surface area contributed by atoms with Gasteiger partial charge in [0.1, 0.15) is 17.1 Å². The zero-order valence-corrected chi connectivity index (χ0v) is 16.1. The van der Waals surface area contributed by atoms with Gasteiger partial charge in [0, 0.05) is 6.07 Å². The summed E-state index contributed by atoms with van der Waals surface area (Å²) in [5, 5.41) is 0. The summed E-state index contributed by atoms with van der Waals surface area (Å²) in [7, 11) is 1.62. The molecule has 0 bridgehead atoms. The lowest BCUT2D eigenvalue weighted by molar-refractivity contribution is 0.0474. The van der Waals surface area contributed by atoms with E-state index in [-0.39, 0.29) is 5.78 Å². The van der Waals surface area contributed by atoms with Crippen LogP contribution < -0.4 is 9.47 Å². The highest BCUT2D eigenvalue weighted by Gasteiger charge is 2.36. The van der Waals surface area contributed by atoms with Crippen LogP contribution in [0.3, 0.4) is 0 Å². The van der Waals surface area contributed by atoms with Gasteiger partial charge in [-0.25, -0.2) is 0 Å². The fraction of sp³-hybridized carbons (Fsp3) is 0.500. The van der Waals surface area contributed by atoms with Crippen molar-refractivity contribution < 1.29 is 14.3 Å². The van der Waals surface area contributed by atoms with Crippen LogP contribution in [0.25, 0.3) is 0 Å². The van der Waals surface area contributed by atoms with E-state index < -0.39 is 5.60 Å². The van der Waals surface area contributed by atoms with Crippen LogP contribution in [0.15, 0.2) is 41.5 Å². The number of methoxy groups -OCH3 is 1. The molecule has 0 fully saturated rings. The number of fused-ring (bicyclic) bond motifs is 1. The minimum Gasteiger partial charge on any atom is -0.497 e. The van der Waals surface area contributed by atoms with E-state index in [1.807, 2.05) is 13.0 Å². The Morgan fingerprint density at radius 1 is 1.24 bits per heavy atom. The van der Waals surface area contributed by atoms with Gasteiger partial charge in [0.05, 0.1) is 19.1 Å². The Morgan fingerprint density at radius 3 is 2.68 bits per heavy atom. The average Bonchev–Trinajstić information content (AvgIpc) is 2.53. The number of carbonyl (C=O) groups is 1. The van der Waals surface area contributed by atoms with Crippen molar-refractivity contribution >= 4 is 5.78 Å². The molecule has 0 spiro atoms. The Morgan fingerprint density at radius 2 is 2.00 bits per heavy atom. The van der Waals surface area contributed by atoms with Crippen LogP contribution in [0.1, 0.15) is 70.2 Å². The van der Waals surface area contributed by atoms with Gasteiger partial charge >= 0.3 is 0 Å². The summed E-state index contributed by atoms with van der Waals surface area (Å²) in [5.74, 6) is 1.50. The van der Waals surface area contributed by atoms with Gasteiger partial charge in [0.15, 0.2) is 5.78 Å². The van der Waals surface area contributed by atoms with E-state index in [0.717, 1.165) is 25.7 Å². The molecule has 1 aliphatic heterocycles. The molecule has 1 aliphatic rings. The quantitative estimate of drug-likeness (QED) is 0.579. The van der Waals surface area contributed by atoms with Crippen LogP contribution in [0.5, 0.6) is 11.5 Å². The molecule has 25 heavy (non-hydrogen) atoms. The second-order valence-electron chi connectivity index (χ2n) is 7.42. The summed E-state index contributed by atoms with van der Waals surface area (Å²) >= 11 is 0. The maximum absolute atomic E-state index is 12.5. The summed E-state index contributed by atoms with van der Waals surface area (Å²) in [4.78, 5) is 12.5. The fourth-order valence-electron chi connectivity index (χ4n) is 3.13. The van der Waals surface area contributed by atoms with E-state index in [9.17, 15) is 4.79 Å². The molecule has 1 aromatic carbocycles. The Labute approximate surface area is 151 Å². The van der Waals surface area contributed by atoms with E-state index >= 15 is 0 Å². The van der Waals surface area contributed by atoms with E-state index in [4.69, 9.17) is 9.47 Å². The minimum absolute atomic E-state index is 0.149. The maximum Gasteiger partial charge on any atom is 0.170 e. The highest BCUT2D eigenvalue weighted by Crippen LogP contribution is 2.37. The van der Waals surface area contributed by atoms with Crippen molar-refractivity contribution in [2.75, 3.05) is 7.11 Å². The van der Waals surface area contributed by atoms with Gasteiger partial charge in [-0.1, -0.05) is 23.3 Å². The van der Waals surface area contributed by atoms with Gasteiger partial charge < -0.3 is 9.47 Å². The second kappa shape index (κ2) is 8.37. The first-order valence-electron chi connectivity index (χ1n) is 9.02. The third kappa shape index (κ3) is 5.48. The van der Waals surface area contributed by atoms with Crippen molar-refractivity contribution in [3.05, 3.63) is 47.1 Å². The van der Waals surface area contributed by atoms with Crippen LogP contribution in [0.4, 0.5) is 0 Å². The van der Waals surface area contributed by atoms with Gasteiger partial charge in [0.25, 0.3) is 0 Å². The highest BCUT2D eigenvalue weighted by molar-refractivity contribution is 6.00. The number of Topliss-reactive ketones (excluding diaryl/α,β-unsaturated/α-hetero) is 1. The fourth-order valence-corrected chi connectivity index (χ4v) is 3.13. The third-order valence-corrected chi connectivity index (χ3v) is 4.64. The Balaban J connectivity index is 1.97. The first kappa shape index (κ1) is 19.3. The summed E-state index contributed by atoms with van der Waals surface area (Å²) in [6.07, 6.45) is 8.90. The number of rotatable bonds is 7. The topological polar surface area (TPSA) is 35.5 Å². The first-order valence-corrected chi connectivity index (χ1v) is 9.02. The molecule has 2 rings (SSSR count). The molecule has 1 heterocycles. The molecule has 1 atom stereocenters. The monoisotopic (exact) mass is 342 g/mol. The zero-order valence-electron chi connectivity index (χ0n) is 16.1. The van der Waals surface area contributed by atoms with Crippen molar-refractivity contribution in [3.8, 4) is 11.5 Å². The lowest BCUT2D eigenvalue weighted by atomic mass is 9.87.